The van der Waals surface area contributed by atoms with Crippen LogP contribution in [0.15, 0.2) is 42.7 Å². The number of tetrazole rings is 1. The number of halogens is 1. The van der Waals surface area contributed by atoms with Crippen molar-refractivity contribution in [3.63, 3.8) is 0 Å². The Hall–Kier alpha value is -2.81. The third kappa shape index (κ3) is 4.64. The van der Waals surface area contributed by atoms with Crippen molar-refractivity contribution < 1.29 is 9.53 Å². The molecule has 172 valence electrons. The second kappa shape index (κ2) is 9.21. The minimum atomic E-state index is -0.137. The monoisotopic (exact) mass is 466 g/mol. The van der Waals surface area contributed by atoms with Gasteiger partial charge in [-0.05, 0) is 72.5 Å². The molecular formula is C24H27ClN6O2. The van der Waals surface area contributed by atoms with E-state index >= 15 is 0 Å². The molecule has 0 radical (unpaired) electrons. The summed E-state index contributed by atoms with van der Waals surface area (Å²) in [6, 6.07) is 12.4. The number of aromatic nitrogens is 4. The molecule has 2 aromatic carbocycles. The fourth-order valence-corrected chi connectivity index (χ4v) is 5.19. The maximum atomic E-state index is 13.3. The number of carbonyl (C=O) groups excluding carboxylic acids is 1. The summed E-state index contributed by atoms with van der Waals surface area (Å²) in [5, 5.41) is 15.3. The van der Waals surface area contributed by atoms with Crippen LogP contribution in [0.5, 0.6) is 0 Å². The molecule has 1 N–H and O–H groups in total. The molecule has 5 rings (SSSR count). The van der Waals surface area contributed by atoms with Crippen molar-refractivity contribution in [1.29, 1.82) is 0 Å². The SMILES string of the molecule is Cc1ccc(-c2cc(C(=O)N[C@H](C)CN3C4CCC3COC4)cc(-n3cnnn3)c2)c(Cl)c1. The zero-order chi connectivity index (χ0) is 22.9. The first-order valence-corrected chi connectivity index (χ1v) is 11.6. The Kier molecular flexibility index (Phi) is 6.14. The fraction of sp³-hybridized carbons (Fsp3) is 0.417. The first-order chi connectivity index (χ1) is 16.0. The average molecular weight is 467 g/mol. The molecule has 33 heavy (non-hydrogen) atoms. The first kappa shape index (κ1) is 22.0. The lowest BCUT2D eigenvalue weighted by Crippen LogP contribution is -2.51. The molecular weight excluding hydrogens is 440 g/mol. The smallest absolute Gasteiger partial charge is 0.251 e. The summed E-state index contributed by atoms with van der Waals surface area (Å²) in [5.74, 6) is -0.137. The number of fused-ring (bicyclic) bond motifs is 2. The van der Waals surface area contributed by atoms with Gasteiger partial charge in [0, 0.05) is 40.8 Å². The van der Waals surface area contributed by atoms with Crippen LogP contribution in [0.25, 0.3) is 16.8 Å². The van der Waals surface area contributed by atoms with Crippen molar-refractivity contribution in [2.24, 2.45) is 0 Å². The van der Waals surface area contributed by atoms with E-state index in [4.69, 9.17) is 16.3 Å². The van der Waals surface area contributed by atoms with Crippen LogP contribution >= 0.6 is 11.6 Å². The lowest BCUT2D eigenvalue weighted by atomic mass is 10.00. The van der Waals surface area contributed by atoms with E-state index in [0.717, 1.165) is 36.4 Å². The predicted octanol–water partition coefficient (Wildman–Crippen LogP) is 3.27. The predicted molar refractivity (Wildman–Crippen MR) is 126 cm³/mol. The molecule has 0 aliphatic carbocycles. The molecule has 1 amide bonds. The molecule has 2 fully saturated rings. The number of aryl methyl sites for hydroxylation is 1. The van der Waals surface area contributed by atoms with Gasteiger partial charge in [-0.2, -0.15) is 0 Å². The standard InChI is InChI=1S/C24H27ClN6O2/c1-15-3-6-22(23(25)7-15)17-8-18(10-21(9-17)31-14-26-28-29-31)24(32)27-16(2)11-30-19-4-5-20(30)13-33-12-19/h3,6-10,14,16,19-20H,4-5,11-13H2,1-2H3,(H,27,32)/t16-,19?,20?/m1/s1. The van der Waals surface area contributed by atoms with Gasteiger partial charge in [0.15, 0.2) is 0 Å². The van der Waals surface area contributed by atoms with E-state index in [0.29, 0.717) is 28.4 Å². The summed E-state index contributed by atoms with van der Waals surface area (Å²) >= 11 is 6.54. The Labute approximate surface area is 197 Å². The second-order valence-corrected chi connectivity index (χ2v) is 9.41. The molecule has 9 heteroatoms. The van der Waals surface area contributed by atoms with Crippen LogP contribution in [0, 0.1) is 6.92 Å². The Morgan fingerprint density at radius 3 is 2.70 bits per heavy atom. The molecule has 3 atom stereocenters. The normalized spacial score (nSPS) is 21.2. The van der Waals surface area contributed by atoms with Gasteiger partial charge >= 0.3 is 0 Å². The zero-order valence-corrected chi connectivity index (χ0v) is 19.5. The molecule has 0 spiro atoms. The molecule has 2 bridgehead atoms. The van der Waals surface area contributed by atoms with Crippen LogP contribution in [0.3, 0.4) is 0 Å². The Morgan fingerprint density at radius 2 is 2.00 bits per heavy atom. The molecule has 2 saturated heterocycles. The minimum Gasteiger partial charge on any atom is -0.378 e. The van der Waals surface area contributed by atoms with Gasteiger partial charge < -0.3 is 10.1 Å². The van der Waals surface area contributed by atoms with Crippen LogP contribution in [-0.2, 0) is 4.74 Å². The molecule has 8 nitrogen and oxygen atoms in total. The third-order valence-corrected chi connectivity index (χ3v) is 6.80. The average Bonchev–Trinajstić information content (AvgIpc) is 3.39. The number of ether oxygens (including phenoxy) is 1. The highest BCUT2D eigenvalue weighted by molar-refractivity contribution is 6.33. The number of carbonyl (C=O) groups is 1. The number of nitrogens with zero attached hydrogens (tertiary/aromatic N) is 5. The summed E-state index contributed by atoms with van der Waals surface area (Å²) in [7, 11) is 0. The van der Waals surface area contributed by atoms with Gasteiger partial charge in [0.25, 0.3) is 5.91 Å². The van der Waals surface area contributed by atoms with Gasteiger partial charge in [0.05, 0.1) is 18.9 Å². The number of rotatable bonds is 6. The second-order valence-electron chi connectivity index (χ2n) is 9.00. The van der Waals surface area contributed by atoms with Crippen LogP contribution < -0.4 is 5.32 Å². The first-order valence-electron chi connectivity index (χ1n) is 11.3. The lowest BCUT2D eigenvalue weighted by Gasteiger charge is -2.36. The van der Waals surface area contributed by atoms with Gasteiger partial charge in [0.1, 0.15) is 6.33 Å². The van der Waals surface area contributed by atoms with E-state index in [2.05, 4.69) is 32.7 Å². The summed E-state index contributed by atoms with van der Waals surface area (Å²) < 4.78 is 7.22. The van der Waals surface area contributed by atoms with Crippen molar-refractivity contribution in [1.82, 2.24) is 30.4 Å². The maximum absolute atomic E-state index is 13.3. The number of nitrogens with one attached hydrogen (secondary N) is 1. The van der Waals surface area contributed by atoms with Crippen LogP contribution in [0.4, 0.5) is 0 Å². The van der Waals surface area contributed by atoms with Gasteiger partial charge in [0.2, 0.25) is 0 Å². The molecule has 2 aliphatic heterocycles. The largest absolute Gasteiger partial charge is 0.378 e. The number of hydrogen-bond acceptors (Lipinski definition) is 6. The van der Waals surface area contributed by atoms with Crippen molar-refractivity contribution in [3.8, 4) is 16.8 Å². The Bertz CT molecular complexity index is 1140. The summed E-state index contributed by atoms with van der Waals surface area (Å²) in [6.07, 6.45) is 3.84. The van der Waals surface area contributed by atoms with E-state index < -0.39 is 0 Å². The molecule has 0 saturated carbocycles. The minimum absolute atomic E-state index is 0.00167. The lowest BCUT2D eigenvalue weighted by molar-refractivity contribution is -0.0173. The van der Waals surface area contributed by atoms with Gasteiger partial charge in [-0.25, -0.2) is 4.68 Å². The van der Waals surface area contributed by atoms with E-state index in [-0.39, 0.29) is 11.9 Å². The summed E-state index contributed by atoms with van der Waals surface area (Å²) in [6.45, 7) is 6.43. The Balaban J connectivity index is 1.40. The van der Waals surface area contributed by atoms with Gasteiger partial charge in [-0.3, -0.25) is 9.69 Å². The highest BCUT2D eigenvalue weighted by atomic mass is 35.5. The molecule has 3 aromatic rings. The zero-order valence-electron chi connectivity index (χ0n) is 18.7. The maximum Gasteiger partial charge on any atom is 0.251 e. The van der Waals surface area contributed by atoms with E-state index in [1.165, 1.54) is 23.9 Å². The quantitative estimate of drug-likeness (QED) is 0.600. The molecule has 1 aromatic heterocycles. The highest BCUT2D eigenvalue weighted by Crippen LogP contribution is 2.31. The number of amides is 1. The van der Waals surface area contributed by atoms with E-state index in [1.807, 2.05) is 37.3 Å². The summed E-state index contributed by atoms with van der Waals surface area (Å²) in [5.41, 5.74) is 3.98. The van der Waals surface area contributed by atoms with Gasteiger partial charge in [-0.1, -0.05) is 23.7 Å². The molecule has 2 aliphatic rings. The molecule has 2 unspecified atom stereocenters. The fourth-order valence-electron chi connectivity index (χ4n) is 4.84. The Morgan fingerprint density at radius 1 is 1.21 bits per heavy atom. The van der Waals surface area contributed by atoms with Crippen molar-refractivity contribution in [2.45, 2.75) is 44.8 Å². The van der Waals surface area contributed by atoms with Crippen molar-refractivity contribution in [2.75, 3.05) is 19.8 Å². The number of morpholine rings is 1. The van der Waals surface area contributed by atoms with Gasteiger partial charge in [-0.15, -0.1) is 5.10 Å². The highest BCUT2D eigenvalue weighted by Gasteiger charge is 2.37. The summed E-state index contributed by atoms with van der Waals surface area (Å²) in [4.78, 5) is 15.8. The third-order valence-electron chi connectivity index (χ3n) is 6.48. The number of hydrogen-bond donors (Lipinski definition) is 1. The van der Waals surface area contributed by atoms with E-state index in [1.54, 1.807) is 6.07 Å². The van der Waals surface area contributed by atoms with Crippen molar-refractivity contribution in [3.05, 3.63) is 58.9 Å². The molecule has 3 heterocycles. The van der Waals surface area contributed by atoms with Crippen LogP contribution in [0.1, 0.15) is 35.7 Å². The van der Waals surface area contributed by atoms with Crippen molar-refractivity contribution >= 4 is 17.5 Å². The van der Waals surface area contributed by atoms with Crippen LogP contribution in [-0.4, -0.2) is 68.9 Å². The van der Waals surface area contributed by atoms with Crippen LogP contribution in [0.2, 0.25) is 5.02 Å². The topological polar surface area (TPSA) is 85.2 Å². The van der Waals surface area contributed by atoms with E-state index in [9.17, 15) is 4.79 Å². The number of benzene rings is 2.